The third kappa shape index (κ3) is 4.15. The molecule has 1 heterocycles. The van der Waals surface area contributed by atoms with Crippen LogP contribution in [-0.2, 0) is 10.0 Å². The van der Waals surface area contributed by atoms with Crippen LogP contribution in [0.3, 0.4) is 0 Å². The maximum absolute atomic E-state index is 12.6. The number of phenolic OH excluding ortho intramolecular Hbond substituents is 1. The number of benzene rings is 1. The van der Waals surface area contributed by atoms with Crippen LogP contribution in [0.2, 0.25) is 0 Å². The molecule has 1 amide bonds. The highest BCUT2D eigenvalue weighted by Crippen LogP contribution is 2.28. The van der Waals surface area contributed by atoms with E-state index in [1.165, 1.54) is 28.6 Å². The van der Waals surface area contributed by atoms with E-state index in [9.17, 15) is 18.3 Å². The van der Waals surface area contributed by atoms with E-state index >= 15 is 0 Å². The van der Waals surface area contributed by atoms with Gasteiger partial charge in [-0.05, 0) is 37.3 Å². The number of nitrogens with one attached hydrogen (secondary N) is 1. The lowest BCUT2D eigenvalue weighted by molar-refractivity contribution is 0.102. The summed E-state index contributed by atoms with van der Waals surface area (Å²) < 4.78 is 26.5. The standard InChI is InChI=1S/C17H21N3O4S/c1-4-20(5-2)25(23,24)13-9-10-16(21)15(11-13)19-17(22)14-8-6-7-12(3)18-14/h6-11,21H,4-5H2,1-3H3,(H,19,22). The number of aromatic hydroxyl groups is 1. The minimum absolute atomic E-state index is 0.00139. The molecule has 0 atom stereocenters. The Morgan fingerprint density at radius 2 is 1.88 bits per heavy atom. The molecule has 0 aliphatic carbocycles. The summed E-state index contributed by atoms with van der Waals surface area (Å²) in [4.78, 5) is 16.4. The van der Waals surface area contributed by atoms with Gasteiger partial charge in [0.25, 0.3) is 5.91 Å². The number of rotatable bonds is 6. The molecule has 0 spiro atoms. The first-order valence-corrected chi connectivity index (χ1v) is 9.31. The molecule has 2 aromatic rings. The fourth-order valence-corrected chi connectivity index (χ4v) is 3.83. The van der Waals surface area contributed by atoms with Crippen LogP contribution in [0.4, 0.5) is 5.69 Å². The Morgan fingerprint density at radius 1 is 1.20 bits per heavy atom. The highest BCUT2D eigenvalue weighted by atomic mass is 32.2. The topological polar surface area (TPSA) is 99.6 Å². The number of aryl methyl sites for hydroxylation is 1. The lowest BCUT2D eigenvalue weighted by Crippen LogP contribution is -2.30. The molecule has 134 valence electrons. The number of anilines is 1. The number of nitrogens with zero attached hydrogens (tertiary/aromatic N) is 2. The van der Waals surface area contributed by atoms with Gasteiger partial charge in [-0.3, -0.25) is 4.79 Å². The fraction of sp³-hybridized carbons (Fsp3) is 0.294. The summed E-state index contributed by atoms with van der Waals surface area (Å²) in [6.45, 7) is 5.90. The van der Waals surface area contributed by atoms with Gasteiger partial charge in [-0.2, -0.15) is 4.31 Å². The van der Waals surface area contributed by atoms with E-state index < -0.39 is 15.9 Å². The summed E-state index contributed by atoms with van der Waals surface area (Å²) in [5.74, 6) is -0.754. The predicted molar refractivity (Wildman–Crippen MR) is 95.1 cm³/mol. The zero-order valence-electron chi connectivity index (χ0n) is 14.4. The molecule has 1 aromatic carbocycles. The van der Waals surface area contributed by atoms with Gasteiger partial charge in [0, 0.05) is 18.8 Å². The third-order valence-electron chi connectivity index (χ3n) is 3.68. The number of carbonyl (C=O) groups is 1. The Labute approximate surface area is 147 Å². The van der Waals surface area contributed by atoms with E-state index in [2.05, 4.69) is 10.3 Å². The summed E-state index contributed by atoms with van der Waals surface area (Å²) in [5, 5.41) is 12.5. The second-order valence-electron chi connectivity index (χ2n) is 5.39. The number of pyridine rings is 1. The van der Waals surface area contributed by atoms with Gasteiger partial charge < -0.3 is 10.4 Å². The Hall–Kier alpha value is -2.45. The Balaban J connectivity index is 2.35. The molecule has 7 nitrogen and oxygen atoms in total. The molecule has 0 radical (unpaired) electrons. The van der Waals surface area contributed by atoms with Crippen LogP contribution in [0.5, 0.6) is 5.75 Å². The van der Waals surface area contributed by atoms with E-state index in [1.54, 1.807) is 32.9 Å². The van der Waals surface area contributed by atoms with E-state index in [-0.39, 0.29) is 22.0 Å². The second kappa shape index (κ2) is 7.62. The van der Waals surface area contributed by atoms with E-state index in [0.29, 0.717) is 18.8 Å². The maximum atomic E-state index is 12.6. The minimum atomic E-state index is -3.69. The number of phenols is 1. The van der Waals surface area contributed by atoms with Gasteiger partial charge in [0.05, 0.1) is 10.6 Å². The van der Waals surface area contributed by atoms with Gasteiger partial charge in [0.2, 0.25) is 10.0 Å². The molecule has 25 heavy (non-hydrogen) atoms. The van der Waals surface area contributed by atoms with Crippen LogP contribution < -0.4 is 5.32 Å². The van der Waals surface area contributed by atoms with Crippen LogP contribution in [0, 0.1) is 6.92 Å². The minimum Gasteiger partial charge on any atom is -0.506 e. The Morgan fingerprint density at radius 3 is 2.48 bits per heavy atom. The number of aromatic nitrogens is 1. The first-order valence-electron chi connectivity index (χ1n) is 7.87. The fourth-order valence-electron chi connectivity index (χ4n) is 2.34. The van der Waals surface area contributed by atoms with Crippen molar-refractivity contribution in [3.8, 4) is 5.75 Å². The second-order valence-corrected chi connectivity index (χ2v) is 7.32. The Bertz CT molecular complexity index is 877. The van der Waals surface area contributed by atoms with Crippen molar-refractivity contribution >= 4 is 21.6 Å². The van der Waals surface area contributed by atoms with Crippen molar-refractivity contribution in [2.75, 3.05) is 18.4 Å². The van der Waals surface area contributed by atoms with E-state index in [0.717, 1.165) is 0 Å². The van der Waals surface area contributed by atoms with E-state index in [1.807, 2.05) is 0 Å². The zero-order valence-corrected chi connectivity index (χ0v) is 15.2. The van der Waals surface area contributed by atoms with Gasteiger partial charge in [0.15, 0.2) is 0 Å². The number of sulfonamides is 1. The predicted octanol–water partition coefficient (Wildman–Crippen LogP) is 2.38. The summed E-state index contributed by atoms with van der Waals surface area (Å²) in [6, 6.07) is 8.79. The highest BCUT2D eigenvalue weighted by Gasteiger charge is 2.23. The molecule has 0 saturated heterocycles. The van der Waals surface area contributed by atoms with Crippen molar-refractivity contribution in [1.29, 1.82) is 0 Å². The first-order chi connectivity index (χ1) is 11.8. The zero-order chi connectivity index (χ0) is 18.6. The van der Waals surface area contributed by atoms with Crippen LogP contribution in [0.15, 0.2) is 41.3 Å². The smallest absolute Gasteiger partial charge is 0.274 e. The lowest BCUT2D eigenvalue weighted by Gasteiger charge is -2.19. The van der Waals surface area contributed by atoms with Crippen LogP contribution >= 0.6 is 0 Å². The summed E-state index contributed by atoms with van der Waals surface area (Å²) in [5.41, 5.74) is 0.868. The average molecular weight is 363 g/mol. The molecule has 2 rings (SSSR count). The van der Waals surface area contributed by atoms with Crippen molar-refractivity contribution < 1.29 is 18.3 Å². The number of hydrogen-bond donors (Lipinski definition) is 2. The average Bonchev–Trinajstić information content (AvgIpc) is 2.57. The SMILES string of the molecule is CCN(CC)S(=O)(=O)c1ccc(O)c(NC(=O)c2cccc(C)n2)c1. The molecular weight excluding hydrogens is 342 g/mol. The summed E-state index contributed by atoms with van der Waals surface area (Å²) >= 11 is 0. The summed E-state index contributed by atoms with van der Waals surface area (Å²) in [7, 11) is -3.69. The van der Waals surface area contributed by atoms with Crippen LogP contribution in [-0.4, -0.2) is 41.8 Å². The molecule has 0 unspecified atom stereocenters. The molecule has 0 aliphatic rings. The van der Waals surface area contributed by atoms with Gasteiger partial charge in [-0.15, -0.1) is 0 Å². The molecule has 0 aliphatic heterocycles. The van der Waals surface area contributed by atoms with Gasteiger partial charge >= 0.3 is 0 Å². The van der Waals surface area contributed by atoms with Gasteiger partial charge in [-0.25, -0.2) is 13.4 Å². The molecule has 0 bridgehead atoms. The molecule has 1 aromatic heterocycles. The van der Waals surface area contributed by atoms with Crippen molar-refractivity contribution in [3.05, 3.63) is 47.8 Å². The van der Waals surface area contributed by atoms with Crippen molar-refractivity contribution in [1.82, 2.24) is 9.29 Å². The van der Waals surface area contributed by atoms with Crippen molar-refractivity contribution in [2.45, 2.75) is 25.7 Å². The summed E-state index contributed by atoms with van der Waals surface area (Å²) in [6.07, 6.45) is 0. The molecular formula is C17H21N3O4S. The quantitative estimate of drug-likeness (QED) is 0.768. The van der Waals surface area contributed by atoms with Crippen molar-refractivity contribution in [2.24, 2.45) is 0 Å². The molecule has 8 heteroatoms. The molecule has 0 saturated carbocycles. The lowest BCUT2D eigenvalue weighted by atomic mass is 10.2. The normalized spacial score (nSPS) is 11.5. The third-order valence-corrected chi connectivity index (χ3v) is 5.73. The Kier molecular flexibility index (Phi) is 5.76. The maximum Gasteiger partial charge on any atom is 0.274 e. The van der Waals surface area contributed by atoms with Crippen molar-refractivity contribution in [3.63, 3.8) is 0 Å². The van der Waals surface area contributed by atoms with Gasteiger partial charge in [0.1, 0.15) is 11.4 Å². The molecule has 2 N–H and O–H groups in total. The number of amides is 1. The van der Waals surface area contributed by atoms with E-state index in [4.69, 9.17) is 0 Å². The highest BCUT2D eigenvalue weighted by molar-refractivity contribution is 7.89. The van der Waals surface area contributed by atoms with Crippen LogP contribution in [0.25, 0.3) is 0 Å². The van der Waals surface area contributed by atoms with Gasteiger partial charge in [-0.1, -0.05) is 19.9 Å². The number of hydrogen-bond acceptors (Lipinski definition) is 5. The monoisotopic (exact) mass is 363 g/mol. The van der Waals surface area contributed by atoms with Crippen LogP contribution in [0.1, 0.15) is 30.0 Å². The molecule has 0 fully saturated rings. The first kappa shape index (κ1) is 18.9. The number of carbonyl (C=O) groups excluding carboxylic acids is 1. The largest absolute Gasteiger partial charge is 0.506 e.